The number of benzene rings is 4. The molecule has 192 valence electrons. The predicted octanol–water partition coefficient (Wildman–Crippen LogP) is 4.79. The minimum absolute atomic E-state index is 0.0128. The van der Waals surface area contributed by atoms with E-state index in [0.717, 1.165) is 5.56 Å². The van der Waals surface area contributed by atoms with Crippen molar-refractivity contribution in [3.8, 4) is 5.75 Å². The summed E-state index contributed by atoms with van der Waals surface area (Å²) in [6, 6.07) is 8.12. The molecule has 8 heteroatoms. The van der Waals surface area contributed by atoms with Crippen LogP contribution in [0.4, 0.5) is 0 Å². The van der Waals surface area contributed by atoms with Crippen molar-refractivity contribution in [2.75, 3.05) is 0 Å². The van der Waals surface area contributed by atoms with E-state index in [1.807, 2.05) is 20.6 Å². The number of aryl methyl sites for hydroxylation is 1. The number of aromatic hydroxyl groups is 1. The molecule has 8 nitrogen and oxygen atoms in total. The zero-order chi connectivity index (χ0) is 27.8. The Kier molecular flexibility index (Phi) is 7.53. The van der Waals surface area contributed by atoms with Crippen LogP contribution in [0.5, 0.6) is 5.75 Å². The summed E-state index contributed by atoms with van der Waals surface area (Å²) in [5, 5.41) is 44.2. The fourth-order valence-corrected chi connectivity index (χ4v) is 5.38. The second-order valence-electron chi connectivity index (χ2n) is 9.10. The normalized spacial score (nSPS) is 12.0. The lowest BCUT2D eigenvalue weighted by atomic mass is 9.81. The van der Waals surface area contributed by atoms with Gasteiger partial charge in [0.25, 0.3) is 0 Å². The Hall–Kier alpha value is -4.46. The quantitative estimate of drug-likeness (QED) is 0.216. The molecule has 0 aromatic heterocycles. The number of hydrogen-bond donors (Lipinski definition) is 4. The van der Waals surface area contributed by atoms with Crippen LogP contribution in [0.3, 0.4) is 0 Å². The topological polar surface area (TPSA) is 149 Å². The van der Waals surface area contributed by atoms with Crippen molar-refractivity contribution in [2.24, 2.45) is 0 Å². The fourth-order valence-electron chi connectivity index (χ4n) is 5.38. The van der Waals surface area contributed by atoms with Crippen molar-refractivity contribution in [1.29, 1.82) is 0 Å². The summed E-state index contributed by atoms with van der Waals surface area (Å²) in [5.74, 6) is -3.61. The first-order valence-electron chi connectivity index (χ1n) is 11.7. The Bertz CT molecular complexity index is 1650. The van der Waals surface area contributed by atoms with Gasteiger partial charge in [-0.2, -0.15) is 0 Å². The summed E-state index contributed by atoms with van der Waals surface area (Å²) in [5.41, 5.74) is 1.97. The number of aliphatic carboxylic acids is 2. The van der Waals surface area contributed by atoms with Crippen LogP contribution in [-0.2, 0) is 20.8 Å². The summed E-state index contributed by atoms with van der Waals surface area (Å²) < 4.78 is 0. The van der Waals surface area contributed by atoms with Gasteiger partial charge in [-0.05, 0) is 74.8 Å². The molecule has 0 aliphatic rings. The minimum atomic E-state index is -1.16. The number of rotatable bonds is 6. The maximum Gasteiger partial charge on any atom is 0.336 e. The third-order valence-electron chi connectivity index (χ3n) is 6.64. The number of carboxylic acid groups (broad SMARTS) is 3. The molecule has 0 spiro atoms. The van der Waals surface area contributed by atoms with Gasteiger partial charge in [0.1, 0.15) is 12.5 Å². The molecule has 0 saturated heterocycles. The van der Waals surface area contributed by atoms with Crippen LogP contribution in [0.1, 0.15) is 60.2 Å². The van der Waals surface area contributed by atoms with Crippen molar-refractivity contribution in [2.45, 2.75) is 46.5 Å². The van der Waals surface area contributed by atoms with Crippen LogP contribution in [0.2, 0.25) is 0 Å². The highest BCUT2D eigenvalue weighted by Gasteiger charge is 2.25. The van der Waals surface area contributed by atoms with Crippen molar-refractivity contribution in [1.82, 2.24) is 0 Å². The molecule has 0 amide bonds. The number of carboxylic acids is 3. The van der Waals surface area contributed by atoms with Crippen LogP contribution in [0.25, 0.3) is 37.9 Å². The molecule has 0 aliphatic heterocycles. The van der Waals surface area contributed by atoms with E-state index in [-0.39, 0.29) is 41.0 Å². The van der Waals surface area contributed by atoms with Crippen LogP contribution < -0.4 is 5.22 Å². The zero-order valence-corrected chi connectivity index (χ0v) is 21.0. The molecule has 4 aromatic carbocycles. The van der Waals surface area contributed by atoms with Crippen molar-refractivity contribution in [3.63, 3.8) is 0 Å². The number of hydrogen-bond acceptors (Lipinski definition) is 5. The zero-order valence-electron chi connectivity index (χ0n) is 21.0. The predicted molar refractivity (Wildman–Crippen MR) is 141 cm³/mol. The first kappa shape index (κ1) is 27.1. The van der Waals surface area contributed by atoms with Crippen LogP contribution >= 0.6 is 0 Å². The molecule has 0 atom stereocenters. The van der Waals surface area contributed by atoms with Gasteiger partial charge < -0.3 is 25.2 Å². The van der Waals surface area contributed by atoms with E-state index < -0.39 is 17.9 Å². The van der Waals surface area contributed by atoms with Crippen molar-refractivity contribution in [3.05, 3.63) is 57.8 Å². The van der Waals surface area contributed by atoms with Gasteiger partial charge in [-0.3, -0.25) is 4.79 Å². The van der Waals surface area contributed by atoms with Gasteiger partial charge in [-0.25, -0.2) is 9.59 Å². The lowest BCUT2D eigenvalue weighted by Gasteiger charge is -2.22. The number of phenols is 1. The Balaban J connectivity index is 0.00000186. The third-order valence-corrected chi connectivity index (χ3v) is 6.64. The molecule has 0 saturated carbocycles. The number of carbonyl (C=O) groups is 4. The van der Waals surface area contributed by atoms with Crippen LogP contribution in [-0.4, -0.2) is 45.1 Å². The lowest BCUT2D eigenvalue weighted by Crippen LogP contribution is -2.22. The van der Waals surface area contributed by atoms with Gasteiger partial charge in [-0.15, -0.1) is 0 Å². The van der Waals surface area contributed by atoms with Gasteiger partial charge in [0.2, 0.25) is 0 Å². The van der Waals surface area contributed by atoms with E-state index in [0.29, 0.717) is 43.3 Å². The van der Waals surface area contributed by atoms with Crippen molar-refractivity contribution < 1.29 is 39.6 Å². The molecule has 0 fully saturated rings. The second kappa shape index (κ2) is 10.3. The summed E-state index contributed by atoms with van der Waals surface area (Å²) in [6.45, 7) is 9.42. The van der Waals surface area contributed by atoms with Gasteiger partial charge in [0.15, 0.2) is 0 Å². The molecular weight excluding hydrogens is 476 g/mol. The highest BCUT2D eigenvalue weighted by atomic mass is 16.4. The van der Waals surface area contributed by atoms with Crippen LogP contribution in [0.15, 0.2) is 30.3 Å². The number of fused-ring (bicyclic) bond motifs is 2. The van der Waals surface area contributed by atoms with E-state index in [1.165, 1.54) is 12.1 Å². The van der Waals surface area contributed by atoms with Gasteiger partial charge in [0, 0.05) is 16.3 Å². The largest absolute Gasteiger partial charge is 0.507 e. The molecule has 0 bridgehead atoms. The smallest absolute Gasteiger partial charge is 0.336 e. The van der Waals surface area contributed by atoms with Gasteiger partial charge in [-0.1, -0.05) is 39.0 Å². The molecule has 0 radical (unpaired) electrons. The molecule has 4 rings (SSSR count). The van der Waals surface area contributed by atoms with Gasteiger partial charge >= 0.3 is 17.9 Å². The monoisotopic (exact) mass is 504 g/mol. The molecule has 37 heavy (non-hydrogen) atoms. The molecule has 4 N–H and O–H groups in total. The lowest BCUT2D eigenvalue weighted by molar-refractivity contribution is -0.136. The number of carbonyl (C=O) groups excluding carboxylic acids is 1. The Morgan fingerprint density at radius 1 is 0.892 bits per heavy atom. The van der Waals surface area contributed by atoms with E-state index >= 15 is 0 Å². The summed E-state index contributed by atoms with van der Waals surface area (Å²) >= 11 is 0. The summed E-state index contributed by atoms with van der Waals surface area (Å²) in [6.07, 6.45) is -0.141. The Morgan fingerprint density at radius 3 is 2.03 bits per heavy atom. The van der Waals surface area contributed by atoms with E-state index in [2.05, 4.69) is 0 Å². The number of aromatic carboxylic acids is 1. The Labute approximate surface area is 212 Å². The molecule has 4 aromatic rings. The van der Waals surface area contributed by atoms with Gasteiger partial charge in [0.05, 0.1) is 12.0 Å². The summed E-state index contributed by atoms with van der Waals surface area (Å²) in [7, 11) is 0. The first-order valence-corrected chi connectivity index (χ1v) is 11.7. The van der Waals surface area contributed by atoms with E-state index in [9.17, 15) is 34.8 Å². The molecule has 0 heterocycles. The first-order chi connectivity index (χ1) is 17.5. The molecular formula is C29H28O8. The van der Waals surface area contributed by atoms with E-state index in [4.69, 9.17) is 4.79 Å². The van der Waals surface area contributed by atoms with Crippen LogP contribution in [0, 0.1) is 6.92 Å². The standard InChI is InChI=1S/C28H26O7.CH2O/c1-5-15(27(32)33)23-14(11-20(30)31)6-7-17-22-13(4)10-18(28(34)35)24-19(29)9-8-16(26(22)24)21(12(2)3)25(17)23;1-2/h6-10,12,29H,5,11H2,1-4H3,(H,30,31)(H,32,33)(H,34,35);1H2/b23-15+;. The minimum Gasteiger partial charge on any atom is -0.507 e. The molecule has 0 aliphatic carbocycles. The summed E-state index contributed by atoms with van der Waals surface area (Å²) in [4.78, 5) is 44.1. The second-order valence-corrected chi connectivity index (χ2v) is 9.10. The average Bonchev–Trinajstić information content (AvgIpc) is 2.83. The maximum atomic E-state index is 12.3. The van der Waals surface area contributed by atoms with Crippen molar-refractivity contribution >= 4 is 62.6 Å². The SMILES string of the molecule is C=O.CC/C(C(=O)O)=c1/c(CC(=O)O)ccc2c1c(C(C)C)c1ccc(O)c3c(C(=O)O)cc(C)c2c13. The fraction of sp³-hybridized carbons (Fsp3) is 0.241. The third kappa shape index (κ3) is 4.35. The van der Waals surface area contributed by atoms with E-state index in [1.54, 1.807) is 32.0 Å². The maximum absolute atomic E-state index is 12.3. The molecule has 0 unspecified atom stereocenters. The number of phenolic OH excluding ortho intramolecular Hbond substituents is 1. The Morgan fingerprint density at radius 2 is 1.51 bits per heavy atom. The highest BCUT2D eigenvalue weighted by molar-refractivity contribution is 6.29. The highest BCUT2D eigenvalue weighted by Crippen LogP contribution is 2.44. The average molecular weight is 505 g/mol.